The first-order valence-corrected chi connectivity index (χ1v) is 10.1. The molecule has 0 aliphatic heterocycles. The van der Waals surface area contributed by atoms with Crippen molar-refractivity contribution in [2.75, 3.05) is 13.2 Å². The summed E-state index contributed by atoms with van der Waals surface area (Å²) in [5.41, 5.74) is 3.84. The minimum atomic E-state index is -0.989. The van der Waals surface area contributed by atoms with E-state index in [2.05, 4.69) is 29.3 Å². The van der Waals surface area contributed by atoms with Crippen molar-refractivity contribution in [1.29, 1.82) is 0 Å². The summed E-state index contributed by atoms with van der Waals surface area (Å²) >= 11 is 0. The van der Waals surface area contributed by atoms with Crippen LogP contribution in [0.3, 0.4) is 0 Å². The third kappa shape index (κ3) is 4.23. The topological polar surface area (TPSA) is 55.4 Å². The Hall–Kier alpha value is -3.98. The Morgan fingerprint density at radius 1 is 1.00 bits per heavy atom. The number of amides is 1. The van der Waals surface area contributed by atoms with Crippen molar-refractivity contribution in [1.82, 2.24) is 5.32 Å². The van der Waals surface area contributed by atoms with E-state index in [9.17, 15) is 18.4 Å². The number of fused-ring (bicyclic) bond motifs is 3. The van der Waals surface area contributed by atoms with E-state index in [-0.39, 0.29) is 37.3 Å². The lowest BCUT2D eigenvalue weighted by Gasteiger charge is -2.14. The number of hydrogen-bond acceptors (Lipinski definition) is 3. The van der Waals surface area contributed by atoms with Crippen LogP contribution in [0, 0.1) is 23.5 Å². The van der Waals surface area contributed by atoms with Crippen LogP contribution in [0.4, 0.5) is 13.6 Å². The Kier molecular flexibility index (Phi) is 6.27. The average Bonchev–Trinajstić information content (AvgIpc) is 3.13. The SMILES string of the molecule is O=Cc1c(F)ccc(C#CCCNC(=O)OCC2c3ccccc3-c3ccccc32)c1F. The summed E-state index contributed by atoms with van der Waals surface area (Å²) in [5, 5.41) is 2.61. The van der Waals surface area contributed by atoms with Gasteiger partial charge in [0.1, 0.15) is 12.4 Å². The molecule has 0 heterocycles. The van der Waals surface area contributed by atoms with Gasteiger partial charge in [-0.1, -0.05) is 60.4 Å². The van der Waals surface area contributed by atoms with Crippen molar-refractivity contribution in [2.24, 2.45) is 0 Å². The van der Waals surface area contributed by atoms with Gasteiger partial charge < -0.3 is 10.1 Å². The third-order valence-corrected chi connectivity index (χ3v) is 5.33. The number of halogens is 2. The molecular weight excluding hydrogens is 412 g/mol. The predicted octanol–water partition coefficient (Wildman–Crippen LogP) is 5.06. The van der Waals surface area contributed by atoms with Crippen LogP contribution in [0.1, 0.15) is 39.4 Å². The Labute approximate surface area is 184 Å². The zero-order valence-corrected chi connectivity index (χ0v) is 17.0. The molecule has 3 aromatic carbocycles. The summed E-state index contributed by atoms with van der Waals surface area (Å²) in [4.78, 5) is 22.9. The molecule has 1 amide bonds. The van der Waals surface area contributed by atoms with Gasteiger partial charge in [0.2, 0.25) is 0 Å². The second-order valence-corrected chi connectivity index (χ2v) is 7.24. The van der Waals surface area contributed by atoms with E-state index in [1.54, 1.807) is 0 Å². The maximum absolute atomic E-state index is 14.0. The lowest BCUT2D eigenvalue weighted by Crippen LogP contribution is -2.26. The van der Waals surface area contributed by atoms with E-state index in [0.29, 0.717) is 0 Å². The van der Waals surface area contributed by atoms with Crippen molar-refractivity contribution in [3.8, 4) is 23.0 Å². The van der Waals surface area contributed by atoms with Gasteiger partial charge in [-0.2, -0.15) is 0 Å². The van der Waals surface area contributed by atoms with Gasteiger partial charge in [0.05, 0.1) is 11.1 Å². The smallest absolute Gasteiger partial charge is 0.407 e. The molecule has 4 rings (SSSR count). The first-order chi connectivity index (χ1) is 15.6. The molecule has 4 nitrogen and oxygen atoms in total. The van der Waals surface area contributed by atoms with Crippen molar-refractivity contribution >= 4 is 12.4 Å². The van der Waals surface area contributed by atoms with E-state index < -0.39 is 23.3 Å². The lowest BCUT2D eigenvalue weighted by molar-refractivity contribution is 0.111. The van der Waals surface area contributed by atoms with Crippen LogP contribution in [0.15, 0.2) is 60.7 Å². The van der Waals surface area contributed by atoms with Crippen molar-refractivity contribution < 1.29 is 23.1 Å². The van der Waals surface area contributed by atoms with Crippen LogP contribution in [-0.2, 0) is 4.74 Å². The van der Waals surface area contributed by atoms with E-state index in [0.717, 1.165) is 28.3 Å². The van der Waals surface area contributed by atoms with E-state index in [4.69, 9.17) is 4.74 Å². The van der Waals surface area contributed by atoms with E-state index in [1.165, 1.54) is 6.07 Å². The minimum absolute atomic E-state index is 0.0265. The molecule has 160 valence electrons. The molecule has 0 radical (unpaired) electrons. The fourth-order valence-corrected chi connectivity index (χ4v) is 3.81. The van der Waals surface area contributed by atoms with Crippen LogP contribution in [0.5, 0.6) is 0 Å². The third-order valence-electron chi connectivity index (χ3n) is 5.33. The van der Waals surface area contributed by atoms with E-state index in [1.807, 2.05) is 36.4 Å². The molecule has 0 saturated carbocycles. The number of carbonyl (C=O) groups excluding carboxylic acids is 2. The maximum Gasteiger partial charge on any atom is 0.407 e. The van der Waals surface area contributed by atoms with Gasteiger partial charge in [-0.25, -0.2) is 13.6 Å². The number of benzene rings is 3. The molecule has 6 heteroatoms. The fraction of sp³-hybridized carbons (Fsp3) is 0.154. The molecule has 32 heavy (non-hydrogen) atoms. The van der Waals surface area contributed by atoms with Gasteiger partial charge in [0.25, 0.3) is 0 Å². The van der Waals surface area contributed by atoms with Gasteiger partial charge in [0.15, 0.2) is 12.1 Å². The summed E-state index contributed by atoms with van der Waals surface area (Å²) < 4.78 is 32.7. The molecule has 1 aliphatic carbocycles. The van der Waals surface area contributed by atoms with Gasteiger partial charge in [0, 0.05) is 18.9 Å². The predicted molar refractivity (Wildman–Crippen MR) is 116 cm³/mol. The van der Waals surface area contributed by atoms with E-state index >= 15 is 0 Å². The van der Waals surface area contributed by atoms with Crippen molar-refractivity contribution in [2.45, 2.75) is 12.3 Å². The monoisotopic (exact) mass is 431 g/mol. The largest absolute Gasteiger partial charge is 0.449 e. The van der Waals surface area contributed by atoms with Crippen molar-refractivity contribution in [3.05, 3.63) is 94.6 Å². The number of nitrogens with one attached hydrogen (secondary N) is 1. The van der Waals surface area contributed by atoms with Gasteiger partial charge in [-0.05, 0) is 34.4 Å². The van der Waals surface area contributed by atoms with Crippen LogP contribution in [0.25, 0.3) is 11.1 Å². The minimum Gasteiger partial charge on any atom is -0.449 e. The molecule has 1 N–H and O–H groups in total. The fourth-order valence-electron chi connectivity index (χ4n) is 3.81. The molecule has 3 aromatic rings. The first-order valence-electron chi connectivity index (χ1n) is 10.1. The number of rotatable bonds is 5. The first kappa shape index (κ1) is 21.3. The number of alkyl carbamates (subject to hydrolysis) is 1. The molecule has 0 atom stereocenters. The van der Waals surface area contributed by atoms with Gasteiger partial charge in [-0.15, -0.1) is 0 Å². The highest BCUT2D eigenvalue weighted by Gasteiger charge is 2.28. The quantitative estimate of drug-likeness (QED) is 0.349. The molecular formula is C26H19F2NO3. The zero-order valence-electron chi connectivity index (χ0n) is 17.0. The Balaban J connectivity index is 1.30. The van der Waals surface area contributed by atoms with Crippen LogP contribution >= 0.6 is 0 Å². The Morgan fingerprint density at radius 2 is 1.66 bits per heavy atom. The zero-order chi connectivity index (χ0) is 22.5. The Morgan fingerprint density at radius 3 is 2.31 bits per heavy atom. The maximum atomic E-state index is 14.0. The molecule has 1 aliphatic rings. The Bertz CT molecular complexity index is 1200. The summed E-state index contributed by atoms with van der Waals surface area (Å²) in [6.07, 6.45) is -0.212. The number of carbonyl (C=O) groups is 2. The number of ether oxygens (including phenoxy) is 1. The molecule has 0 bridgehead atoms. The highest BCUT2D eigenvalue weighted by atomic mass is 19.1. The van der Waals surface area contributed by atoms with Gasteiger partial charge in [-0.3, -0.25) is 4.79 Å². The average molecular weight is 431 g/mol. The lowest BCUT2D eigenvalue weighted by atomic mass is 9.98. The second-order valence-electron chi connectivity index (χ2n) is 7.24. The van der Waals surface area contributed by atoms with Gasteiger partial charge >= 0.3 is 6.09 Å². The summed E-state index contributed by atoms with van der Waals surface area (Å²) in [6, 6.07) is 18.3. The van der Waals surface area contributed by atoms with Crippen LogP contribution < -0.4 is 5.32 Å². The summed E-state index contributed by atoms with van der Waals surface area (Å²) in [7, 11) is 0. The van der Waals surface area contributed by atoms with Crippen molar-refractivity contribution in [3.63, 3.8) is 0 Å². The molecule has 0 spiro atoms. The highest BCUT2D eigenvalue weighted by molar-refractivity contribution is 5.79. The highest BCUT2D eigenvalue weighted by Crippen LogP contribution is 2.44. The summed E-state index contributed by atoms with van der Waals surface area (Å²) in [6.45, 7) is 0.411. The van der Waals surface area contributed by atoms with Crippen LogP contribution in [0.2, 0.25) is 0 Å². The normalized spacial score (nSPS) is 11.7. The number of aldehydes is 1. The molecule has 0 aromatic heterocycles. The standard InChI is InChI=1S/C26H19F2NO3/c27-24-13-12-17(25(28)22(24)15-30)7-5-6-14-29-26(31)32-16-23-20-10-3-1-8-18(20)19-9-2-4-11-21(19)23/h1-4,8-13,15,23H,6,14,16H2,(H,29,31). The molecule has 0 unspecified atom stereocenters. The van der Waals surface area contributed by atoms with Crippen LogP contribution in [-0.4, -0.2) is 25.5 Å². The molecule has 0 fully saturated rings. The molecule has 0 saturated heterocycles. The second kappa shape index (κ2) is 9.44. The summed E-state index contributed by atoms with van der Waals surface area (Å²) in [5.74, 6) is 3.29. The number of hydrogen-bond donors (Lipinski definition) is 1.